The lowest BCUT2D eigenvalue weighted by molar-refractivity contribution is 0.111. The molecule has 0 heterocycles. The predicted octanol–water partition coefficient (Wildman–Crippen LogP) is 0.157. The average molecular weight is 218 g/mol. The van der Waals surface area contributed by atoms with Gasteiger partial charge in [0.15, 0.2) is 6.29 Å². The van der Waals surface area contributed by atoms with Crippen molar-refractivity contribution in [2.75, 3.05) is 0 Å². The third-order valence-corrected chi connectivity index (χ3v) is 2.47. The van der Waals surface area contributed by atoms with Crippen LogP contribution in [0.5, 0.6) is 11.5 Å². The number of carbonyl (C=O) groups is 1. The van der Waals surface area contributed by atoms with E-state index in [0.717, 1.165) is 12.1 Å². The Hall–Kier alpha value is -1.60. The van der Waals surface area contributed by atoms with E-state index >= 15 is 0 Å². The molecule has 76 valence electrons. The number of phenolic OH excluding ortho intramolecular Hbond substituents is 2. The van der Waals surface area contributed by atoms with Crippen LogP contribution in [0.2, 0.25) is 0 Å². The average Bonchev–Trinajstić information content (AvgIpc) is 2.06. The van der Waals surface area contributed by atoms with Gasteiger partial charge in [0.05, 0.1) is 5.56 Å². The molecule has 0 aliphatic heterocycles. The van der Waals surface area contributed by atoms with Gasteiger partial charge in [0, 0.05) is 0 Å². The molecule has 14 heavy (non-hydrogen) atoms. The maximum absolute atomic E-state index is 10.7. The molecule has 0 bridgehead atoms. The maximum Gasteiger partial charge on any atom is 0.299 e. The Morgan fingerprint density at radius 2 is 1.64 bits per heavy atom. The van der Waals surface area contributed by atoms with E-state index in [9.17, 15) is 13.2 Å². The van der Waals surface area contributed by atoms with Crippen LogP contribution in [0, 0.1) is 0 Å². The van der Waals surface area contributed by atoms with Crippen LogP contribution in [0.15, 0.2) is 17.0 Å². The van der Waals surface area contributed by atoms with Crippen molar-refractivity contribution in [2.45, 2.75) is 4.90 Å². The summed E-state index contributed by atoms with van der Waals surface area (Å²) in [6.45, 7) is 0. The number of carbonyl (C=O) groups excluding carboxylic acids is 1. The highest BCUT2D eigenvalue weighted by molar-refractivity contribution is 7.86. The van der Waals surface area contributed by atoms with Gasteiger partial charge in [0.25, 0.3) is 10.1 Å². The van der Waals surface area contributed by atoms with E-state index in [0.29, 0.717) is 0 Å². The van der Waals surface area contributed by atoms with Gasteiger partial charge >= 0.3 is 0 Å². The zero-order chi connectivity index (χ0) is 10.9. The number of aromatic hydroxyl groups is 2. The molecular formula is C7H6O6S. The van der Waals surface area contributed by atoms with Crippen LogP contribution in [0.4, 0.5) is 0 Å². The molecule has 0 aromatic heterocycles. The normalized spacial score (nSPS) is 11.2. The van der Waals surface area contributed by atoms with Gasteiger partial charge in [-0.25, -0.2) is 0 Å². The first-order valence-electron chi connectivity index (χ1n) is 3.35. The highest BCUT2D eigenvalue weighted by Gasteiger charge is 2.22. The summed E-state index contributed by atoms with van der Waals surface area (Å²) in [6, 6.07) is 1.79. The van der Waals surface area contributed by atoms with E-state index in [-0.39, 0.29) is 6.29 Å². The van der Waals surface area contributed by atoms with Crippen molar-refractivity contribution < 1.29 is 28.0 Å². The van der Waals surface area contributed by atoms with Crippen LogP contribution in [-0.2, 0) is 10.1 Å². The number of benzene rings is 1. The number of aldehydes is 1. The molecular weight excluding hydrogens is 212 g/mol. The van der Waals surface area contributed by atoms with Gasteiger partial charge in [-0.3, -0.25) is 9.35 Å². The minimum atomic E-state index is -4.74. The Labute approximate surface area is 79.2 Å². The summed E-state index contributed by atoms with van der Waals surface area (Å²) < 4.78 is 30.1. The summed E-state index contributed by atoms with van der Waals surface area (Å²) in [7, 11) is -4.74. The van der Waals surface area contributed by atoms with Gasteiger partial charge in [0.1, 0.15) is 16.4 Å². The van der Waals surface area contributed by atoms with Crippen LogP contribution in [0.3, 0.4) is 0 Å². The van der Waals surface area contributed by atoms with Crippen molar-refractivity contribution in [3.8, 4) is 11.5 Å². The van der Waals surface area contributed by atoms with E-state index in [1.165, 1.54) is 0 Å². The van der Waals surface area contributed by atoms with E-state index < -0.39 is 32.1 Å². The molecule has 0 aliphatic carbocycles. The minimum absolute atomic E-state index is 0.0259. The largest absolute Gasteiger partial charge is 0.507 e. The molecule has 3 N–H and O–H groups in total. The number of hydrogen-bond acceptors (Lipinski definition) is 5. The molecule has 0 amide bonds. The van der Waals surface area contributed by atoms with Crippen molar-refractivity contribution in [3.05, 3.63) is 17.7 Å². The standard InChI is InChI=1S/C7H6O6S/c8-3-4-5(9)1-2-6(10)7(4)14(11,12)13/h1-3,9-10H,(H,11,12,13). The lowest BCUT2D eigenvalue weighted by atomic mass is 10.2. The van der Waals surface area contributed by atoms with E-state index in [1.807, 2.05) is 0 Å². The summed E-state index contributed by atoms with van der Waals surface area (Å²) in [5.41, 5.74) is -0.674. The fraction of sp³-hybridized carbons (Fsp3) is 0. The molecule has 0 saturated heterocycles. The Morgan fingerprint density at radius 1 is 1.14 bits per heavy atom. The topological polar surface area (TPSA) is 112 Å². The van der Waals surface area contributed by atoms with E-state index in [4.69, 9.17) is 14.8 Å². The summed E-state index contributed by atoms with van der Waals surface area (Å²) >= 11 is 0. The Bertz CT molecular complexity index is 475. The van der Waals surface area contributed by atoms with Crippen molar-refractivity contribution >= 4 is 16.4 Å². The molecule has 1 aromatic carbocycles. The van der Waals surface area contributed by atoms with Gasteiger partial charge in [-0.15, -0.1) is 0 Å². The number of phenols is 2. The summed E-state index contributed by atoms with van der Waals surface area (Å²) in [4.78, 5) is 9.41. The number of hydrogen-bond donors (Lipinski definition) is 3. The fourth-order valence-electron chi connectivity index (χ4n) is 0.963. The van der Waals surface area contributed by atoms with Crippen LogP contribution in [-0.4, -0.2) is 29.5 Å². The first-order valence-corrected chi connectivity index (χ1v) is 4.79. The van der Waals surface area contributed by atoms with Crippen molar-refractivity contribution in [2.24, 2.45) is 0 Å². The second-order valence-corrected chi connectivity index (χ2v) is 3.80. The third kappa shape index (κ3) is 1.68. The summed E-state index contributed by atoms with van der Waals surface area (Å²) in [5, 5.41) is 18.1. The van der Waals surface area contributed by atoms with Crippen LogP contribution >= 0.6 is 0 Å². The second kappa shape index (κ2) is 3.28. The minimum Gasteiger partial charge on any atom is -0.507 e. The predicted molar refractivity (Wildman–Crippen MR) is 45.0 cm³/mol. The molecule has 0 aliphatic rings. The zero-order valence-corrected chi connectivity index (χ0v) is 7.52. The monoisotopic (exact) mass is 218 g/mol. The first-order chi connectivity index (χ1) is 6.38. The highest BCUT2D eigenvalue weighted by atomic mass is 32.2. The van der Waals surface area contributed by atoms with E-state index in [2.05, 4.69) is 0 Å². The van der Waals surface area contributed by atoms with Crippen LogP contribution in [0.1, 0.15) is 10.4 Å². The lowest BCUT2D eigenvalue weighted by Gasteiger charge is -2.05. The molecule has 1 rings (SSSR count). The Balaban J connectivity index is 3.71. The molecule has 0 fully saturated rings. The van der Waals surface area contributed by atoms with Crippen molar-refractivity contribution in [1.82, 2.24) is 0 Å². The van der Waals surface area contributed by atoms with Gasteiger partial charge in [0.2, 0.25) is 0 Å². The molecule has 0 unspecified atom stereocenters. The van der Waals surface area contributed by atoms with Crippen LogP contribution < -0.4 is 0 Å². The quantitative estimate of drug-likeness (QED) is 0.370. The fourth-order valence-corrected chi connectivity index (χ4v) is 1.73. The second-order valence-electron chi connectivity index (χ2n) is 2.44. The van der Waals surface area contributed by atoms with Crippen molar-refractivity contribution in [1.29, 1.82) is 0 Å². The zero-order valence-electron chi connectivity index (χ0n) is 6.71. The molecule has 0 radical (unpaired) electrons. The van der Waals surface area contributed by atoms with Gasteiger partial charge in [-0.2, -0.15) is 8.42 Å². The first kappa shape index (κ1) is 10.5. The molecule has 0 spiro atoms. The molecule has 0 saturated carbocycles. The SMILES string of the molecule is O=Cc1c(O)ccc(O)c1S(=O)(=O)O. The van der Waals surface area contributed by atoms with E-state index in [1.54, 1.807) is 0 Å². The van der Waals surface area contributed by atoms with Crippen LogP contribution in [0.25, 0.3) is 0 Å². The van der Waals surface area contributed by atoms with Gasteiger partial charge < -0.3 is 10.2 Å². The highest BCUT2D eigenvalue weighted by Crippen LogP contribution is 2.31. The molecule has 1 aromatic rings. The summed E-state index contributed by atoms with van der Waals surface area (Å²) in [6.07, 6.45) is 0.0259. The van der Waals surface area contributed by atoms with Gasteiger partial charge in [-0.05, 0) is 12.1 Å². The maximum atomic E-state index is 10.7. The smallest absolute Gasteiger partial charge is 0.299 e. The third-order valence-electron chi connectivity index (χ3n) is 1.53. The molecule has 0 atom stereocenters. The Kier molecular flexibility index (Phi) is 2.45. The number of rotatable bonds is 2. The Morgan fingerprint density at radius 3 is 2.00 bits per heavy atom. The summed E-state index contributed by atoms with van der Waals surface area (Å²) in [5.74, 6) is -1.43. The van der Waals surface area contributed by atoms with Crippen molar-refractivity contribution in [3.63, 3.8) is 0 Å². The van der Waals surface area contributed by atoms with Gasteiger partial charge in [-0.1, -0.05) is 0 Å². The molecule has 6 nitrogen and oxygen atoms in total. The lowest BCUT2D eigenvalue weighted by Crippen LogP contribution is -2.03. The molecule has 7 heteroatoms.